The molecule has 6 nitrogen and oxygen atoms in total. The second kappa shape index (κ2) is 9.22. The number of anilines is 1. The largest absolute Gasteiger partial charge is 0.494 e. The third-order valence-electron chi connectivity index (χ3n) is 3.18. The predicted octanol–water partition coefficient (Wildman–Crippen LogP) is 3.20. The van der Waals surface area contributed by atoms with Gasteiger partial charge in [-0.2, -0.15) is 5.10 Å². The molecule has 2 amide bonds. The molecule has 0 aliphatic carbocycles. The average molecular weight is 339 g/mol. The van der Waals surface area contributed by atoms with Gasteiger partial charge < -0.3 is 10.1 Å². The zero-order valence-electron chi connectivity index (χ0n) is 14.3. The van der Waals surface area contributed by atoms with Crippen LogP contribution in [0.2, 0.25) is 0 Å². The third kappa shape index (κ3) is 6.10. The van der Waals surface area contributed by atoms with E-state index >= 15 is 0 Å². The van der Waals surface area contributed by atoms with Gasteiger partial charge in [-0.1, -0.05) is 13.0 Å². The lowest BCUT2D eigenvalue weighted by Gasteiger charge is -2.05. The molecule has 6 heteroatoms. The summed E-state index contributed by atoms with van der Waals surface area (Å²) in [5.74, 6) is 0.256. The monoisotopic (exact) mass is 339 g/mol. The SMILES string of the molecule is CCCOc1ccc(C=NNC(=O)c2cccc(NC(C)=O)c2)cc1. The van der Waals surface area contributed by atoms with Crippen molar-refractivity contribution in [2.45, 2.75) is 20.3 Å². The van der Waals surface area contributed by atoms with Crippen LogP contribution in [0.25, 0.3) is 0 Å². The Balaban J connectivity index is 1.92. The minimum Gasteiger partial charge on any atom is -0.494 e. The van der Waals surface area contributed by atoms with Crippen molar-refractivity contribution < 1.29 is 14.3 Å². The van der Waals surface area contributed by atoms with Gasteiger partial charge in [-0.15, -0.1) is 0 Å². The van der Waals surface area contributed by atoms with Crippen LogP contribution >= 0.6 is 0 Å². The van der Waals surface area contributed by atoms with E-state index in [2.05, 4.69) is 22.8 Å². The number of ether oxygens (including phenoxy) is 1. The van der Waals surface area contributed by atoms with Crippen molar-refractivity contribution >= 4 is 23.7 Å². The van der Waals surface area contributed by atoms with E-state index < -0.39 is 0 Å². The van der Waals surface area contributed by atoms with Gasteiger partial charge in [0.15, 0.2) is 0 Å². The first-order valence-corrected chi connectivity index (χ1v) is 8.02. The van der Waals surface area contributed by atoms with Gasteiger partial charge in [0.05, 0.1) is 12.8 Å². The summed E-state index contributed by atoms with van der Waals surface area (Å²) in [5.41, 5.74) is 4.28. The van der Waals surface area contributed by atoms with Crippen LogP contribution < -0.4 is 15.5 Å². The fourth-order valence-corrected chi connectivity index (χ4v) is 2.04. The number of nitrogens with zero attached hydrogens (tertiary/aromatic N) is 1. The number of hydrazone groups is 1. The normalized spacial score (nSPS) is 10.5. The number of hydrogen-bond donors (Lipinski definition) is 2. The maximum atomic E-state index is 12.1. The van der Waals surface area contributed by atoms with Crippen LogP contribution in [-0.2, 0) is 4.79 Å². The van der Waals surface area contributed by atoms with E-state index in [1.54, 1.807) is 30.5 Å². The van der Waals surface area contributed by atoms with Crippen LogP contribution in [0.3, 0.4) is 0 Å². The third-order valence-corrected chi connectivity index (χ3v) is 3.18. The topological polar surface area (TPSA) is 79.8 Å². The first-order chi connectivity index (χ1) is 12.1. The first kappa shape index (κ1) is 18.2. The molecule has 2 rings (SSSR count). The fraction of sp³-hybridized carbons (Fsp3) is 0.211. The van der Waals surface area contributed by atoms with Crippen LogP contribution in [-0.4, -0.2) is 24.6 Å². The van der Waals surface area contributed by atoms with Crippen molar-refractivity contribution in [3.8, 4) is 5.75 Å². The molecule has 0 aromatic heterocycles. The van der Waals surface area contributed by atoms with Gasteiger partial charge in [-0.05, 0) is 54.4 Å². The average Bonchev–Trinajstić information content (AvgIpc) is 2.60. The molecule has 2 aromatic rings. The molecule has 0 fully saturated rings. The summed E-state index contributed by atoms with van der Waals surface area (Å²) in [6.45, 7) is 4.15. The van der Waals surface area contributed by atoms with E-state index in [9.17, 15) is 9.59 Å². The molecule has 0 unspecified atom stereocenters. The summed E-state index contributed by atoms with van der Waals surface area (Å²) >= 11 is 0. The lowest BCUT2D eigenvalue weighted by molar-refractivity contribution is -0.114. The maximum absolute atomic E-state index is 12.1. The van der Waals surface area contributed by atoms with Crippen molar-refractivity contribution in [1.29, 1.82) is 0 Å². The highest BCUT2D eigenvalue weighted by Gasteiger charge is 2.05. The van der Waals surface area contributed by atoms with Crippen LogP contribution in [0.4, 0.5) is 5.69 Å². The summed E-state index contributed by atoms with van der Waals surface area (Å²) in [5, 5.41) is 6.58. The van der Waals surface area contributed by atoms with Gasteiger partial charge in [0, 0.05) is 18.2 Å². The van der Waals surface area contributed by atoms with E-state index in [1.165, 1.54) is 6.92 Å². The number of benzene rings is 2. The smallest absolute Gasteiger partial charge is 0.271 e. The van der Waals surface area contributed by atoms with Crippen molar-refractivity contribution in [3.63, 3.8) is 0 Å². The van der Waals surface area contributed by atoms with Crippen molar-refractivity contribution in [1.82, 2.24) is 5.43 Å². The van der Waals surface area contributed by atoms with Crippen LogP contribution in [0, 0.1) is 0 Å². The number of rotatable bonds is 7. The Hall–Kier alpha value is -3.15. The molecule has 0 saturated carbocycles. The van der Waals surface area contributed by atoms with Gasteiger partial charge in [-0.3, -0.25) is 9.59 Å². The van der Waals surface area contributed by atoms with E-state index in [0.717, 1.165) is 17.7 Å². The molecular formula is C19H21N3O3. The van der Waals surface area contributed by atoms with Crippen molar-refractivity contribution in [2.24, 2.45) is 5.10 Å². The van der Waals surface area contributed by atoms with Crippen molar-refractivity contribution in [2.75, 3.05) is 11.9 Å². The Morgan fingerprint density at radius 2 is 1.92 bits per heavy atom. The van der Waals surface area contributed by atoms with E-state index in [0.29, 0.717) is 17.9 Å². The minimum absolute atomic E-state index is 0.193. The van der Waals surface area contributed by atoms with Crippen LogP contribution in [0.15, 0.2) is 53.6 Å². The molecule has 25 heavy (non-hydrogen) atoms. The van der Waals surface area contributed by atoms with Gasteiger partial charge >= 0.3 is 0 Å². The van der Waals surface area contributed by atoms with Crippen LogP contribution in [0.5, 0.6) is 5.75 Å². The molecule has 0 radical (unpaired) electrons. The highest BCUT2D eigenvalue weighted by molar-refractivity contribution is 5.97. The molecule has 0 saturated heterocycles. The van der Waals surface area contributed by atoms with Crippen LogP contribution in [0.1, 0.15) is 36.2 Å². The molecule has 0 aliphatic heterocycles. The standard InChI is InChI=1S/C19H21N3O3/c1-3-11-25-18-9-7-15(8-10-18)13-20-22-19(24)16-5-4-6-17(12-16)21-14(2)23/h4-10,12-13H,3,11H2,1-2H3,(H,21,23)(H,22,24). The quantitative estimate of drug-likeness (QED) is 0.600. The van der Waals surface area contributed by atoms with E-state index in [1.807, 2.05) is 24.3 Å². The molecule has 2 N–H and O–H groups in total. The summed E-state index contributed by atoms with van der Waals surface area (Å²) < 4.78 is 5.51. The van der Waals surface area contributed by atoms with Gasteiger partial charge in [0.25, 0.3) is 5.91 Å². The highest BCUT2D eigenvalue weighted by atomic mass is 16.5. The number of amides is 2. The molecule has 130 valence electrons. The Labute approximate surface area is 146 Å². The number of carbonyl (C=O) groups is 2. The Bertz CT molecular complexity index is 755. The zero-order chi connectivity index (χ0) is 18.1. The predicted molar refractivity (Wildman–Crippen MR) is 98.0 cm³/mol. The molecule has 0 aliphatic rings. The molecule has 0 heterocycles. The first-order valence-electron chi connectivity index (χ1n) is 8.02. The Morgan fingerprint density at radius 1 is 1.16 bits per heavy atom. The zero-order valence-corrected chi connectivity index (χ0v) is 14.3. The Morgan fingerprint density at radius 3 is 2.60 bits per heavy atom. The van der Waals surface area contributed by atoms with E-state index in [4.69, 9.17) is 4.74 Å². The lowest BCUT2D eigenvalue weighted by Crippen LogP contribution is -2.18. The van der Waals surface area contributed by atoms with Gasteiger partial charge in [0.1, 0.15) is 5.75 Å². The summed E-state index contributed by atoms with van der Waals surface area (Å²) in [6, 6.07) is 14.1. The maximum Gasteiger partial charge on any atom is 0.271 e. The lowest BCUT2D eigenvalue weighted by atomic mass is 10.2. The second-order valence-corrected chi connectivity index (χ2v) is 5.38. The minimum atomic E-state index is -0.355. The molecular weight excluding hydrogens is 318 g/mol. The highest BCUT2D eigenvalue weighted by Crippen LogP contribution is 2.12. The van der Waals surface area contributed by atoms with Gasteiger partial charge in [0.2, 0.25) is 5.91 Å². The Kier molecular flexibility index (Phi) is 6.71. The molecule has 0 atom stereocenters. The second-order valence-electron chi connectivity index (χ2n) is 5.38. The number of hydrogen-bond acceptors (Lipinski definition) is 4. The molecule has 2 aromatic carbocycles. The summed E-state index contributed by atoms with van der Waals surface area (Å²) in [4.78, 5) is 23.1. The summed E-state index contributed by atoms with van der Waals surface area (Å²) in [6.07, 6.45) is 2.51. The number of carbonyl (C=O) groups excluding carboxylic acids is 2. The number of nitrogens with one attached hydrogen (secondary N) is 2. The van der Waals surface area contributed by atoms with E-state index in [-0.39, 0.29) is 11.8 Å². The molecule has 0 spiro atoms. The fourth-order valence-electron chi connectivity index (χ4n) is 2.04. The summed E-state index contributed by atoms with van der Waals surface area (Å²) in [7, 11) is 0. The van der Waals surface area contributed by atoms with Gasteiger partial charge in [-0.25, -0.2) is 5.43 Å². The van der Waals surface area contributed by atoms with Crippen molar-refractivity contribution in [3.05, 3.63) is 59.7 Å². The molecule has 0 bridgehead atoms.